The zero-order valence-corrected chi connectivity index (χ0v) is 26.0. The number of nitrogens with one attached hydrogen (secondary N) is 1. The molecule has 0 heterocycles. The number of benzene rings is 3. The van der Waals surface area contributed by atoms with Crippen LogP contribution in [0.5, 0.6) is 0 Å². The van der Waals surface area contributed by atoms with E-state index >= 15 is 0 Å². The molecule has 0 aliphatic heterocycles. The van der Waals surface area contributed by atoms with Gasteiger partial charge in [-0.15, -0.1) is 0 Å². The van der Waals surface area contributed by atoms with Gasteiger partial charge in [-0.25, -0.2) is 8.42 Å². The van der Waals surface area contributed by atoms with Crippen molar-refractivity contribution in [1.82, 2.24) is 10.2 Å². The molecule has 1 aliphatic carbocycles. The molecular formula is C32H38BrN3O4S. The second-order valence-corrected chi connectivity index (χ2v) is 13.6. The summed E-state index contributed by atoms with van der Waals surface area (Å²) in [4.78, 5) is 29.7. The third-order valence-electron chi connectivity index (χ3n) is 7.46. The number of aryl methyl sites for hydroxylation is 1. The first-order valence-electron chi connectivity index (χ1n) is 14.0. The van der Waals surface area contributed by atoms with Gasteiger partial charge in [0.25, 0.3) is 0 Å². The summed E-state index contributed by atoms with van der Waals surface area (Å²) in [5.74, 6) is -0.660. The molecule has 1 aliphatic rings. The molecule has 0 saturated heterocycles. The highest BCUT2D eigenvalue weighted by Crippen LogP contribution is 2.23. The average molecular weight is 641 g/mol. The number of hydrogen-bond donors (Lipinski definition) is 1. The van der Waals surface area contributed by atoms with Crippen LogP contribution in [0.4, 0.5) is 5.69 Å². The summed E-state index contributed by atoms with van der Waals surface area (Å²) in [6, 6.07) is 23.5. The van der Waals surface area contributed by atoms with E-state index in [2.05, 4.69) is 21.2 Å². The summed E-state index contributed by atoms with van der Waals surface area (Å²) >= 11 is 3.46. The molecule has 0 unspecified atom stereocenters. The summed E-state index contributed by atoms with van der Waals surface area (Å²) < 4.78 is 27.9. The van der Waals surface area contributed by atoms with Crippen LogP contribution in [0.2, 0.25) is 0 Å². The van der Waals surface area contributed by atoms with Crippen molar-refractivity contribution >= 4 is 43.5 Å². The summed E-state index contributed by atoms with van der Waals surface area (Å²) in [6.07, 6.45) is 6.53. The number of carbonyl (C=O) groups excluding carboxylic acids is 2. The number of carbonyl (C=O) groups is 2. The van der Waals surface area contributed by atoms with Crippen molar-refractivity contribution in [3.8, 4) is 0 Å². The third-order valence-corrected chi connectivity index (χ3v) is 9.13. The maximum absolute atomic E-state index is 14.2. The van der Waals surface area contributed by atoms with Gasteiger partial charge in [-0.05, 0) is 60.7 Å². The van der Waals surface area contributed by atoms with Crippen molar-refractivity contribution in [1.29, 1.82) is 0 Å². The zero-order valence-electron chi connectivity index (χ0n) is 23.6. The van der Waals surface area contributed by atoms with Gasteiger partial charge >= 0.3 is 0 Å². The molecule has 0 aromatic heterocycles. The molecule has 4 rings (SSSR count). The lowest BCUT2D eigenvalue weighted by Gasteiger charge is -2.35. The summed E-state index contributed by atoms with van der Waals surface area (Å²) in [7, 11) is -3.79. The number of sulfonamides is 1. The highest BCUT2D eigenvalue weighted by atomic mass is 79.9. The molecule has 1 fully saturated rings. The Balaban J connectivity index is 1.71. The van der Waals surface area contributed by atoms with Gasteiger partial charge in [-0.2, -0.15) is 0 Å². The van der Waals surface area contributed by atoms with Gasteiger partial charge in [0.1, 0.15) is 12.6 Å². The van der Waals surface area contributed by atoms with E-state index in [0.717, 1.165) is 63.8 Å². The van der Waals surface area contributed by atoms with Crippen LogP contribution in [0.25, 0.3) is 0 Å². The van der Waals surface area contributed by atoms with Crippen LogP contribution in [0, 0.1) is 6.92 Å². The van der Waals surface area contributed by atoms with Gasteiger partial charge < -0.3 is 10.2 Å². The van der Waals surface area contributed by atoms with E-state index in [4.69, 9.17) is 0 Å². The van der Waals surface area contributed by atoms with E-state index in [9.17, 15) is 18.0 Å². The predicted octanol–water partition coefficient (Wildman–Crippen LogP) is 5.61. The third kappa shape index (κ3) is 8.91. The lowest BCUT2D eigenvalue weighted by Crippen LogP contribution is -2.55. The first-order valence-corrected chi connectivity index (χ1v) is 16.7. The molecule has 1 saturated carbocycles. The lowest BCUT2D eigenvalue weighted by molar-refractivity contribution is -0.140. The van der Waals surface area contributed by atoms with E-state index < -0.39 is 28.5 Å². The number of amides is 2. The maximum atomic E-state index is 14.2. The van der Waals surface area contributed by atoms with Crippen LogP contribution >= 0.6 is 15.9 Å². The lowest BCUT2D eigenvalue weighted by atomic mass is 9.94. The van der Waals surface area contributed by atoms with Crippen molar-refractivity contribution in [3.63, 3.8) is 0 Å². The van der Waals surface area contributed by atoms with Gasteiger partial charge in [0, 0.05) is 23.5 Å². The summed E-state index contributed by atoms with van der Waals surface area (Å²) in [6.45, 7) is 1.62. The largest absolute Gasteiger partial charge is 0.352 e. The van der Waals surface area contributed by atoms with Crippen LogP contribution in [-0.4, -0.2) is 50.0 Å². The van der Waals surface area contributed by atoms with Crippen LogP contribution in [0.15, 0.2) is 83.3 Å². The Hall–Kier alpha value is -3.17. The predicted molar refractivity (Wildman–Crippen MR) is 167 cm³/mol. The average Bonchev–Trinajstić information content (AvgIpc) is 2.95. The Morgan fingerprint density at radius 1 is 0.927 bits per heavy atom. The number of halogens is 1. The van der Waals surface area contributed by atoms with Crippen LogP contribution in [-0.2, 0) is 32.6 Å². The number of anilines is 1. The van der Waals surface area contributed by atoms with Crippen molar-refractivity contribution in [3.05, 3.63) is 100 Å². The highest BCUT2D eigenvalue weighted by molar-refractivity contribution is 9.10. The van der Waals surface area contributed by atoms with Gasteiger partial charge in [0.05, 0.1) is 11.9 Å². The molecule has 41 heavy (non-hydrogen) atoms. The van der Waals surface area contributed by atoms with Crippen molar-refractivity contribution in [2.24, 2.45) is 0 Å². The van der Waals surface area contributed by atoms with E-state index in [1.165, 1.54) is 0 Å². The minimum Gasteiger partial charge on any atom is -0.352 e. The minimum absolute atomic E-state index is 0.0685. The van der Waals surface area contributed by atoms with Crippen LogP contribution in [0.1, 0.15) is 48.8 Å². The van der Waals surface area contributed by atoms with Gasteiger partial charge in [0.2, 0.25) is 21.8 Å². The topological polar surface area (TPSA) is 86.8 Å². The number of hydrogen-bond acceptors (Lipinski definition) is 4. The first kappa shape index (κ1) is 30.8. The van der Waals surface area contributed by atoms with Crippen molar-refractivity contribution < 1.29 is 18.0 Å². The Morgan fingerprint density at radius 2 is 1.61 bits per heavy atom. The van der Waals surface area contributed by atoms with Crippen LogP contribution in [0.3, 0.4) is 0 Å². The molecule has 0 spiro atoms. The zero-order chi connectivity index (χ0) is 29.4. The normalized spacial score (nSPS) is 14.7. The van der Waals surface area contributed by atoms with Gasteiger partial charge in [-0.1, -0.05) is 89.8 Å². The van der Waals surface area contributed by atoms with Crippen LogP contribution < -0.4 is 9.62 Å². The fourth-order valence-electron chi connectivity index (χ4n) is 5.28. The quantitative estimate of drug-likeness (QED) is 0.295. The second kappa shape index (κ2) is 14.1. The molecule has 9 heteroatoms. The first-order chi connectivity index (χ1) is 19.6. The summed E-state index contributed by atoms with van der Waals surface area (Å²) in [5, 5.41) is 3.22. The molecule has 1 N–H and O–H groups in total. The highest BCUT2D eigenvalue weighted by Gasteiger charge is 2.34. The Kier molecular flexibility index (Phi) is 10.6. The van der Waals surface area contributed by atoms with E-state index in [0.29, 0.717) is 12.1 Å². The minimum atomic E-state index is -3.79. The van der Waals surface area contributed by atoms with Crippen molar-refractivity contribution in [2.45, 2.75) is 64.1 Å². The smallest absolute Gasteiger partial charge is 0.244 e. The van der Waals surface area contributed by atoms with E-state index in [-0.39, 0.29) is 18.5 Å². The Morgan fingerprint density at radius 3 is 2.24 bits per heavy atom. The van der Waals surface area contributed by atoms with E-state index in [1.54, 1.807) is 23.1 Å². The molecule has 218 valence electrons. The maximum Gasteiger partial charge on any atom is 0.244 e. The fraction of sp³-hybridized carbons (Fsp3) is 0.375. The summed E-state index contributed by atoms with van der Waals surface area (Å²) in [5.41, 5.74) is 3.05. The standard InChI is InChI=1S/C32H38BrN3O4S/c1-24-10-9-15-29(20-24)36(41(2,39)40)23-31(37)35(22-26-16-18-27(33)19-17-26)30(21-25-11-5-3-6-12-25)32(38)34-28-13-7-4-8-14-28/h3,5-6,9-12,15-20,28,30H,4,7-8,13-14,21-23H2,1-2H3,(H,34,38)/t30-/m1/s1. The Bertz CT molecular complexity index is 1420. The van der Waals surface area contributed by atoms with Crippen molar-refractivity contribution in [2.75, 3.05) is 17.1 Å². The molecular weight excluding hydrogens is 602 g/mol. The SMILES string of the molecule is Cc1cccc(N(CC(=O)N(Cc2ccc(Br)cc2)[C@H](Cc2ccccc2)C(=O)NC2CCCCC2)S(C)(=O)=O)c1. The molecule has 0 radical (unpaired) electrons. The number of nitrogens with zero attached hydrogens (tertiary/aromatic N) is 2. The number of rotatable bonds is 11. The molecule has 1 atom stereocenters. The molecule has 7 nitrogen and oxygen atoms in total. The monoisotopic (exact) mass is 639 g/mol. The second-order valence-electron chi connectivity index (χ2n) is 10.8. The Labute approximate surface area is 252 Å². The molecule has 0 bridgehead atoms. The molecule has 3 aromatic carbocycles. The van der Waals surface area contributed by atoms with E-state index in [1.807, 2.05) is 67.6 Å². The van der Waals surface area contributed by atoms with Gasteiger partial charge in [-0.3, -0.25) is 13.9 Å². The van der Waals surface area contributed by atoms with Gasteiger partial charge in [0.15, 0.2) is 0 Å². The molecule has 3 aromatic rings. The molecule has 2 amide bonds. The fourth-order valence-corrected chi connectivity index (χ4v) is 6.39.